The van der Waals surface area contributed by atoms with Gasteiger partial charge in [0.15, 0.2) is 0 Å². The van der Waals surface area contributed by atoms with E-state index in [1.54, 1.807) is 6.20 Å². The van der Waals surface area contributed by atoms with E-state index in [2.05, 4.69) is 10.2 Å². The third-order valence-corrected chi connectivity index (χ3v) is 1.29. The van der Waals surface area contributed by atoms with Crippen LogP contribution in [0.2, 0.25) is 0 Å². The molecule has 0 heterocycles. The number of rotatable bonds is 2. The molecule has 1 unspecified atom stereocenters. The number of azo groups is 1. The Balaban J connectivity index is 3.96. The first-order valence-corrected chi connectivity index (χ1v) is 3.75. The molecule has 0 spiro atoms. The summed E-state index contributed by atoms with van der Waals surface area (Å²) in [4.78, 5) is 0. The highest BCUT2D eigenvalue weighted by molar-refractivity contribution is 4.76. The molecule has 0 saturated heterocycles. The lowest BCUT2D eigenvalue weighted by molar-refractivity contribution is 0.320. The highest BCUT2D eigenvalue weighted by Gasteiger charge is 2.19. The van der Waals surface area contributed by atoms with E-state index in [4.69, 9.17) is 5.73 Å². The molecule has 1 atom stereocenters. The molecule has 3 nitrogen and oxygen atoms in total. The standard InChI is InChI=1S/C8H17N3/c1-5-6-10-11-7(9)8(2,3)4/h5-7H,9H2,1-4H3/b6-5-,11-10?. The first-order valence-electron chi connectivity index (χ1n) is 3.75. The van der Waals surface area contributed by atoms with Crippen LogP contribution in [0.5, 0.6) is 0 Å². The molecular weight excluding hydrogens is 138 g/mol. The monoisotopic (exact) mass is 155 g/mol. The molecule has 3 heteroatoms. The second-order valence-electron chi connectivity index (χ2n) is 3.52. The Morgan fingerprint density at radius 1 is 1.36 bits per heavy atom. The van der Waals surface area contributed by atoms with Gasteiger partial charge in [0.25, 0.3) is 0 Å². The van der Waals surface area contributed by atoms with Gasteiger partial charge in [0.2, 0.25) is 0 Å². The van der Waals surface area contributed by atoms with Gasteiger partial charge >= 0.3 is 0 Å². The summed E-state index contributed by atoms with van der Waals surface area (Å²) in [5.41, 5.74) is 5.69. The van der Waals surface area contributed by atoms with Crippen molar-refractivity contribution >= 4 is 0 Å². The summed E-state index contributed by atoms with van der Waals surface area (Å²) < 4.78 is 0. The van der Waals surface area contributed by atoms with E-state index in [0.29, 0.717) is 0 Å². The molecule has 0 amide bonds. The SMILES string of the molecule is C/C=C\N=NC(N)C(C)(C)C. The summed E-state index contributed by atoms with van der Waals surface area (Å²) in [6.07, 6.45) is 3.23. The van der Waals surface area contributed by atoms with Crippen molar-refractivity contribution in [3.63, 3.8) is 0 Å². The molecular formula is C8H17N3. The first kappa shape index (κ1) is 10.3. The van der Waals surface area contributed by atoms with Crippen LogP contribution >= 0.6 is 0 Å². The largest absolute Gasteiger partial charge is 0.308 e. The molecule has 0 aromatic heterocycles. The smallest absolute Gasteiger partial charge is 0.123 e. The van der Waals surface area contributed by atoms with E-state index >= 15 is 0 Å². The molecule has 0 aromatic rings. The van der Waals surface area contributed by atoms with Gasteiger partial charge in [0.05, 0.1) is 0 Å². The van der Waals surface area contributed by atoms with Gasteiger partial charge < -0.3 is 5.73 Å². The van der Waals surface area contributed by atoms with Crippen molar-refractivity contribution in [1.29, 1.82) is 0 Å². The van der Waals surface area contributed by atoms with Crippen LogP contribution in [-0.4, -0.2) is 6.17 Å². The van der Waals surface area contributed by atoms with Gasteiger partial charge in [0.1, 0.15) is 6.17 Å². The zero-order valence-electron chi connectivity index (χ0n) is 7.70. The molecule has 0 fully saturated rings. The molecule has 0 aromatic carbocycles. The minimum Gasteiger partial charge on any atom is -0.308 e. The Labute approximate surface area is 68.4 Å². The maximum atomic E-state index is 5.70. The Bertz CT molecular complexity index is 153. The number of nitrogens with zero attached hydrogens (tertiary/aromatic N) is 2. The van der Waals surface area contributed by atoms with Crippen molar-refractivity contribution < 1.29 is 0 Å². The second-order valence-corrected chi connectivity index (χ2v) is 3.52. The lowest BCUT2D eigenvalue weighted by Crippen LogP contribution is -2.32. The fourth-order valence-corrected chi connectivity index (χ4v) is 0.350. The summed E-state index contributed by atoms with van der Waals surface area (Å²) in [7, 11) is 0. The Kier molecular flexibility index (Phi) is 3.97. The highest BCUT2D eigenvalue weighted by Crippen LogP contribution is 2.17. The molecule has 64 valence electrons. The predicted octanol–water partition coefficient (Wildman–Crippen LogP) is 2.30. The maximum Gasteiger partial charge on any atom is 0.123 e. The van der Waals surface area contributed by atoms with Gasteiger partial charge in [-0.15, -0.1) is 0 Å². The van der Waals surface area contributed by atoms with Crippen LogP contribution in [0.1, 0.15) is 27.7 Å². The molecule has 0 aliphatic heterocycles. The van der Waals surface area contributed by atoms with Crippen LogP contribution < -0.4 is 5.73 Å². The zero-order valence-corrected chi connectivity index (χ0v) is 7.70. The Morgan fingerprint density at radius 3 is 2.27 bits per heavy atom. The molecule has 0 bridgehead atoms. The Morgan fingerprint density at radius 2 is 1.91 bits per heavy atom. The van der Waals surface area contributed by atoms with Crippen molar-refractivity contribution in [2.75, 3.05) is 0 Å². The number of hydrogen-bond acceptors (Lipinski definition) is 3. The second kappa shape index (κ2) is 4.23. The highest BCUT2D eigenvalue weighted by atomic mass is 15.2. The molecule has 0 rings (SSSR count). The average Bonchev–Trinajstić information content (AvgIpc) is 1.86. The van der Waals surface area contributed by atoms with Crippen LogP contribution in [0, 0.1) is 5.41 Å². The number of allylic oxidation sites excluding steroid dienone is 1. The van der Waals surface area contributed by atoms with Crippen LogP contribution in [0.3, 0.4) is 0 Å². The van der Waals surface area contributed by atoms with Gasteiger partial charge in [-0.25, -0.2) is 0 Å². The lowest BCUT2D eigenvalue weighted by Gasteiger charge is -2.21. The average molecular weight is 155 g/mol. The normalized spacial score (nSPS) is 16.5. The van der Waals surface area contributed by atoms with Crippen LogP contribution in [-0.2, 0) is 0 Å². The minimum absolute atomic E-state index is 0.00885. The van der Waals surface area contributed by atoms with E-state index in [0.717, 1.165) is 0 Å². The predicted molar refractivity (Wildman–Crippen MR) is 47.1 cm³/mol. The van der Waals surface area contributed by atoms with Crippen molar-refractivity contribution in [3.05, 3.63) is 12.3 Å². The number of nitrogens with two attached hydrogens (primary N) is 1. The maximum absolute atomic E-state index is 5.70. The van der Waals surface area contributed by atoms with E-state index in [-0.39, 0.29) is 11.6 Å². The van der Waals surface area contributed by atoms with Crippen molar-refractivity contribution in [1.82, 2.24) is 0 Å². The molecule has 0 radical (unpaired) electrons. The van der Waals surface area contributed by atoms with Gasteiger partial charge in [0, 0.05) is 6.20 Å². The zero-order chi connectivity index (χ0) is 8.91. The lowest BCUT2D eigenvalue weighted by atomic mass is 9.93. The first-order chi connectivity index (χ1) is 4.98. The van der Waals surface area contributed by atoms with Gasteiger partial charge in [-0.1, -0.05) is 26.8 Å². The minimum atomic E-state index is -0.223. The topological polar surface area (TPSA) is 50.7 Å². The summed E-state index contributed by atoms with van der Waals surface area (Å²) in [6, 6.07) is 0. The quantitative estimate of drug-likeness (QED) is 0.611. The number of hydrogen-bond donors (Lipinski definition) is 1. The molecule has 0 aliphatic carbocycles. The van der Waals surface area contributed by atoms with Crippen LogP contribution in [0.4, 0.5) is 0 Å². The summed E-state index contributed by atoms with van der Waals surface area (Å²) in [6.45, 7) is 7.99. The van der Waals surface area contributed by atoms with Crippen molar-refractivity contribution in [2.24, 2.45) is 21.4 Å². The summed E-state index contributed by atoms with van der Waals surface area (Å²) >= 11 is 0. The molecule has 2 N–H and O–H groups in total. The van der Waals surface area contributed by atoms with Crippen LogP contribution in [0.25, 0.3) is 0 Å². The van der Waals surface area contributed by atoms with E-state index in [1.165, 1.54) is 0 Å². The van der Waals surface area contributed by atoms with Gasteiger partial charge in [-0.05, 0) is 12.3 Å². The molecule has 0 aliphatic rings. The van der Waals surface area contributed by atoms with E-state index < -0.39 is 0 Å². The summed E-state index contributed by atoms with van der Waals surface area (Å²) in [5, 5.41) is 7.68. The van der Waals surface area contributed by atoms with Gasteiger partial charge in [-0.3, -0.25) is 0 Å². The molecule has 11 heavy (non-hydrogen) atoms. The van der Waals surface area contributed by atoms with Crippen molar-refractivity contribution in [2.45, 2.75) is 33.9 Å². The van der Waals surface area contributed by atoms with E-state index in [9.17, 15) is 0 Å². The molecule has 0 saturated carbocycles. The van der Waals surface area contributed by atoms with E-state index in [1.807, 2.05) is 33.8 Å². The Hall–Kier alpha value is -0.700. The van der Waals surface area contributed by atoms with Gasteiger partial charge in [-0.2, -0.15) is 10.2 Å². The third-order valence-electron chi connectivity index (χ3n) is 1.29. The van der Waals surface area contributed by atoms with Crippen molar-refractivity contribution in [3.8, 4) is 0 Å². The fourth-order valence-electron chi connectivity index (χ4n) is 0.350. The van der Waals surface area contributed by atoms with Crippen LogP contribution in [0.15, 0.2) is 22.5 Å². The third kappa shape index (κ3) is 4.67. The fraction of sp³-hybridized carbons (Fsp3) is 0.750. The summed E-state index contributed by atoms with van der Waals surface area (Å²) in [5.74, 6) is 0.